The average Bonchev–Trinajstić information content (AvgIpc) is 2.17. The molecule has 0 aliphatic rings. The average molecular weight is 166 g/mol. The molecule has 0 aliphatic carbocycles. The molecule has 2 heteroatoms. The van der Waals surface area contributed by atoms with Gasteiger partial charge in [0.05, 0.1) is 0 Å². The van der Waals surface area contributed by atoms with E-state index >= 15 is 0 Å². The molecule has 0 spiro atoms. The summed E-state index contributed by atoms with van der Waals surface area (Å²) >= 11 is 0. The molecule has 12 heavy (non-hydrogen) atoms. The van der Waals surface area contributed by atoms with E-state index in [0.717, 1.165) is 5.56 Å². The fourth-order valence-electron chi connectivity index (χ4n) is 1.06. The molecule has 0 aromatic heterocycles. The Morgan fingerprint density at radius 3 is 2.42 bits per heavy atom. The predicted octanol–water partition coefficient (Wildman–Crippen LogP) is 2.33. The lowest BCUT2D eigenvalue weighted by molar-refractivity contribution is -0.112. The van der Waals surface area contributed by atoms with Gasteiger partial charge in [-0.25, -0.2) is 4.39 Å². The van der Waals surface area contributed by atoms with Crippen LogP contribution in [0.25, 0.3) is 0 Å². The van der Waals surface area contributed by atoms with Crippen molar-refractivity contribution in [2.75, 3.05) is 0 Å². The molecule has 0 unspecified atom stereocenters. The van der Waals surface area contributed by atoms with Gasteiger partial charge in [0.2, 0.25) is 0 Å². The maximum atomic E-state index is 12.8. The lowest BCUT2D eigenvalue weighted by Crippen LogP contribution is -2.11. The topological polar surface area (TPSA) is 17.1 Å². The molecule has 0 heterocycles. The minimum Gasteiger partial charge on any atom is -0.300 e. The minimum atomic E-state index is -1.40. The zero-order valence-corrected chi connectivity index (χ0v) is 6.91. The Hall–Kier alpha value is -1.18. The highest BCUT2D eigenvalue weighted by molar-refractivity contribution is 5.58. The van der Waals surface area contributed by atoms with Crippen LogP contribution in [0.1, 0.15) is 18.4 Å². The number of hydrogen-bond donors (Lipinski definition) is 0. The Morgan fingerprint density at radius 1 is 1.33 bits per heavy atom. The van der Waals surface area contributed by atoms with Crippen molar-refractivity contribution in [2.45, 2.75) is 19.0 Å². The van der Waals surface area contributed by atoms with Gasteiger partial charge in [-0.1, -0.05) is 37.3 Å². The van der Waals surface area contributed by atoms with Gasteiger partial charge < -0.3 is 4.79 Å². The molecule has 0 aliphatic heterocycles. The standard InChI is InChI=1S/C10H11FO/c1-8(10(11)7-12)9-5-3-2-4-6-9/h2-8,10H,1H3/t8-,10-/m0/s1. The molecular weight excluding hydrogens is 155 g/mol. The van der Waals surface area contributed by atoms with E-state index in [2.05, 4.69) is 0 Å². The SMILES string of the molecule is C[C@@H](c1ccccc1)[C@@H](F)C=O. The first-order chi connectivity index (χ1) is 5.75. The second-order valence-corrected chi connectivity index (χ2v) is 2.78. The first-order valence-electron chi connectivity index (χ1n) is 3.90. The van der Waals surface area contributed by atoms with Crippen LogP contribution in [0.4, 0.5) is 4.39 Å². The summed E-state index contributed by atoms with van der Waals surface area (Å²) in [4.78, 5) is 10.1. The summed E-state index contributed by atoms with van der Waals surface area (Å²) in [6, 6.07) is 9.18. The normalized spacial score (nSPS) is 15.2. The minimum absolute atomic E-state index is 0.344. The third-order valence-electron chi connectivity index (χ3n) is 1.93. The summed E-state index contributed by atoms with van der Waals surface area (Å²) in [7, 11) is 0. The molecule has 1 aromatic carbocycles. The van der Waals surface area contributed by atoms with Crippen LogP contribution in [0.5, 0.6) is 0 Å². The number of carbonyl (C=O) groups is 1. The molecule has 0 bridgehead atoms. The first kappa shape index (κ1) is 8.91. The number of carbonyl (C=O) groups excluding carboxylic acids is 1. The van der Waals surface area contributed by atoms with Gasteiger partial charge in [0.1, 0.15) is 0 Å². The quantitative estimate of drug-likeness (QED) is 0.630. The van der Waals surface area contributed by atoms with Gasteiger partial charge in [0, 0.05) is 5.92 Å². The van der Waals surface area contributed by atoms with E-state index in [1.54, 1.807) is 6.92 Å². The molecule has 1 rings (SSSR count). The third-order valence-corrected chi connectivity index (χ3v) is 1.93. The summed E-state index contributed by atoms with van der Waals surface area (Å²) in [6.45, 7) is 1.70. The second-order valence-electron chi connectivity index (χ2n) is 2.78. The van der Waals surface area contributed by atoms with Crippen molar-refractivity contribution in [1.82, 2.24) is 0 Å². The highest BCUT2D eigenvalue weighted by Crippen LogP contribution is 2.19. The van der Waals surface area contributed by atoms with E-state index < -0.39 is 6.17 Å². The molecule has 0 saturated carbocycles. The van der Waals surface area contributed by atoms with E-state index in [-0.39, 0.29) is 5.92 Å². The van der Waals surface area contributed by atoms with Gasteiger partial charge in [-0.15, -0.1) is 0 Å². The molecule has 0 radical (unpaired) electrons. The van der Waals surface area contributed by atoms with Gasteiger partial charge in [-0.2, -0.15) is 0 Å². The Morgan fingerprint density at radius 2 is 1.92 bits per heavy atom. The molecule has 0 fully saturated rings. The number of aldehydes is 1. The van der Waals surface area contributed by atoms with Gasteiger partial charge in [-0.05, 0) is 5.56 Å². The Kier molecular flexibility index (Phi) is 2.97. The van der Waals surface area contributed by atoms with Crippen LogP contribution in [-0.2, 0) is 4.79 Å². The van der Waals surface area contributed by atoms with Crippen molar-refractivity contribution in [3.05, 3.63) is 35.9 Å². The molecule has 0 saturated heterocycles. The lowest BCUT2D eigenvalue weighted by Gasteiger charge is -2.10. The third kappa shape index (κ3) is 1.91. The maximum Gasteiger partial charge on any atom is 0.162 e. The molecule has 0 amide bonds. The Bertz CT molecular complexity index is 245. The van der Waals surface area contributed by atoms with Gasteiger partial charge in [0.25, 0.3) is 0 Å². The van der Waals surface area contributed by atoms with E-state index in [4.69, 9.17) is 0 Å². The van der Waals surface area contributed by atoms with Crippen molar-refractivity contribution in [3.63, 3.8) is 0 Å². The first-order valence-corrected chi connectivity index (χ1v) is 3.90. The van der Waals surface area contributed by atoms with Gasteiger partial charge >= 0.3 is 0 Å². The number of benzene rings is 1. The summed E-state index contributed by atoms with van der Waals surface area (Å²) in [6.07, 6.45) is -1.05. The summed E-state index contributed by atoms with van der Waals surface area (Å²) in [5.74, 6) is -0.344. The molecule has 64 valence electrons. The number of alkyl halides is 1. The van der Waals surface area contributed by atoms with E-state index in [1.165, 1.54) is 0 Å². The van der Waals surface area contributed by atoms with E-state index in [0.29, 0.717) is 6.29 Å². The zero-order chi connectivity index (χ0) is 8.97. The molecule has 2 atom stereocenters. The van der Waals surface area contributed by atoms with Crippen LogP contribution in [-0.4, -0.2) is 12.5 Å². The van der Waals surface area contributed by atoms with Crippen LogP contribution >= 0.6 is 0 Å². The smallest absolute Gasteiger partial charge is 0.162 e. The van der Waals surface area contributed by atoms with Crippen LogP contribution < -0.4 is 0 Å². The monoisotopic (exact) mass is 166 g/mol. The maximum absolute atomic E-state index is 12.8. The molecule has 1 nitrogen and oxygen atoms in total. The Balaban J connectivity index is 2.78. The highest BCUT2D eigenvalue weighted by Gasteiger charge is 2.16. The lowest BCUT2D eigenvalue weighted by atomic mass is 9.97. The fourth-order valence-corrected chi connectivity index (χ4v) is 1.06. The van der Waals surface area contributed by atoms with Crippen molar-refractivity contribution in [3.8, 4) is 0 Å². The fraction of sp³-hybridized carbons (Fsp3) is 0.300. The second kappa shape index (κ2) is 4.00. The van der Waals surface area contributed by atoms with E-state index in [9.17, 15) is 9.18 Å². The van der Waals surface area contributed by atoms with Crippen molar-refractivity contribution >= 4 is 6.29 Å². The summed E-state index contributed by atoms with van der Waals surface area (Å²) in [5.41, 5.74) is 0.858. The highest BCUT2D eigenvalue weighted by atomic mass is 19.1. The molecule has 0 N–H and O–H groups in total. The Labute approximate surface area is 71.2 Å². The molecule has 1 aromatic rings. The van der Waals surface area contributed by atoms with Crippen molar-refractivity contribution in [2.24, 2.45) is 0 Å². The zero-order valence-electron chi connectivity index (χ0n) is 6.91. The number of rotatable bonds is 3. The van der Waals surface area contributed by atoms with Gasteiger partial charge in [-0.3, -0.25) is 0 Å². The summed E-state index contributed by atoms with van der Waals surface area (Å²) < 4.78 is 12.8. The van der Waals surface area contributed by atoms with Crippen LogP contribution in [0.3, 0.4) is 0 Å². The van der Waals surface area contributed by atoms with Crippen molar-refractivity contribution in [1.29, 1.82) is 0 Å². The van der Waals surface area contributed by atoms with Crippen LogP contribution in [0.2, 0.25) is 0 Å². The number of halogens is 1. The largest absolute Gasteiger partial charge is 0.300 e. The molecular formula is C10H11FO. The summed E-state index contributed by atoms with van der Waals surface area (Å²) in [5, 5.41) is 0. The van der Waals surface area contributed by atoms with Crippen molar-refractivity contribution < 1.29 is 9.18 Å². The number of hydrogen-bond acceptors (Lipinski definition) is 1. The predicted molar refractivity (Wildman–Crippen MR) is 45.8 cm³/mol. The van der Waals surface area contributed by atoms with Gasteiger partial charge in [0.15, 0.2) is 12.5 Å². The van der Waals surface area contributed by atoms with E-state index in [1.807, 2.05) is 30.3 Å². The van der Waals surface area contributed by atoms with Crippen LogP contribution in [0, 0.1) is 0 Å². The van der Waals surface area contributed by atoms with Crippen LogP contribution in [0.15, 0.2) is 30.3 Å².